The second kappa shape index (κ2) is 8.76. The van der Waals surface area contributed by atoms with Crippen LogP contribution in [0.3, 0.4) is 0 Å². The number of nitrogens with one attached hydrogen (secondary N) is 1. The van der Waals surface area contributed by atoms with Crippen LogP contribution in [0.5, 0.6) is 0 Å². The molecule has 1 aromatic carbocycles. The average Bonchev–Trinajstić information content (AvgIpc) is 3.17. The number of rotatable bonds is 6. The number of hydrogen-bond acceptors (Lipinski definition) is 7. The standard InChI is InChI=1S/C19H18F3N5O2S/c1-11-7-12(14-10-24-16(30-14)17(29)27(2)5-6-28)9-13(8-11)25-18-23-4-3-15(26-18)19(20,21)22/h3-4,7-10,28H,5-6H2,1-2H3,(H,23,25,26). The Hall–Kier alpha value is -3.05. The molecule has 0 aliphatic rings. The van der Waals surface area contributed by atoms with Crippen molar-refractivity contribution < 1.29 is 23.1 Å². The van der Waals surface area contributed by atoms with Crippen molar-refractivity contribution >= 4 is 28.9 Å². The molecule has 0 bridgehead atoms. The lowest BCUT2D eigenvalue weighted by molar-refractivity contribution is -0.141. The first-order valence-corrected chi connectivity index (χ1v) is 9.60. The van der Waals surface area contributed by atoms with Crippen LogP contribution in [-0.2, 0) is 6.18 Å². The molecule has 0 spiro atoms. The molecule has 0 fully saturated rings. The van der Waals surface area contributed by atoms with E-state index in [4.69, 9.17) is 5.11 Å². The van der Waals surface area contributed by atoms with E-state index in [1.807, 2.05) is 13.0 Å². The predicted molar refractivity (Wildman–Crippen MR) is 107 cm³/mol. The molecule has 7 nitrogen and oxygen atoms in total. The van der Waals surface area contributed by atoms with E-state index in [0.717, 1.165) is 23.4 Å². The minimum absolute atomic E-state index is 0.148. The number of thiazole rings is 1. The number of aryl methyl sites for hydroxylation is 1. The van der Waals surface area contributed by atoms with Gasteiger partial charge in [-0.3, -0.25) is 4.79 Å². The number of nitrogens with zero attached hydrogens (tertiary/aromatic N) is 4. The number of carbonyl (C=O) groups excluding carboxylic acids is 1. The summed E-state index contributed by atoms with van der Waals surface area (Å²) in [5.74, 6) is -0.476. The Kier molecular flexibility index (Phi) is 6.32. The summed E-state index contributed by atoms with van der Waals surface area (Å²) in [6.45, 7) is 1.89. The predicted octanol–water partition coefficient (Wildman–Crippen LogP) is 3.74. The fraction of sp³-hybridized carbons (Fsp3) is 0.263. The molecule has 11 heteroatoms. The van der Waals surface area contributed by atoms with E-state index in [1.54, 1.807) is 25.4 Å². The number of alkyl halides is 3. The van der Waals surface area contributed by atoms with Gasteiger partial charge in [-0.2, -0.15) is 13.2 Å². The number of aliphatic hydroxyl groups is 1. The van der Waals surface area contributed by atoms with Crippen molar-refractivity contribution in [2.45, 2.75) is 13.1 Å². The fourth-order valence-corrected chi connectivity index (χ4v) is 3.52. The van der Waals surface area contributed by atoms with Gasteiger partial charge in [-0.15, -0.1) is 11.3 Å². The van der Waals surface area contributed by atoms with Gasteiger partial charge in [0.1, 0.15) is 5.69 Å². The van der Waals surface area contributed by atoms with Crippen LogP contribution >= 0.6 is 11.3 Å². The number of hydrogen-bond donors (Lipinski definition) is 2. The molecule has 3 aromatic rings. The van der Waals surface area contributed by atoms with Crippen LogP contribution < -0.4 is 5.32 Å². The zero-order valence-corrected chi connectivity index (χ0v) is 16.9. The Morgan fingerprint density at radius 1 is 1.27 bits per heavy atom. The third-order valence-electron chi connectivity index (χ3n) is 4.03. The number of aliphatic hydroxyl groups excluding tert-OH is 1. The molecule has 2 heterocycles. The smallest absolute Gasteiger partial charge is 0.395 e. The minimum Gasteiger partial charge on any atom is -0.395 e. The van der Waals surface area contributed by atoms with Crippen molar-refractivity contribution in [2.24, 2.45) is 0 Å². The largest absolute Gasteiger partial charge is 0.433 e. The summed E-state index contributed by atoms with van der Waals surface area (Å²) in [7, 11) is 1.57. The summed E-state index contributed by atoms with van der Waals surface area (Å²) in [5, 5.41) is 12.0. The van der Waals surface area contributed by atoms with Gasteiger partial charge in [0.15, 0.2) is 5.01 Å². The first-order valence-electron chi connectivity index (χ1n) is 8.79. The summed E-state index contributed by atoms with van der Waals surface area (Å²) < 4.78 is 38.6. The van der Waals surface area contributed by atoms with E-state index in [9.17, 15) is 18.0 Å². The van der Waals surface area contributed by atoms with Crippen LogP contribution in [0.25, 0.3) is 10.4 Å². The Bertz CT molecular complexity index is 1050. The number of amides is 1. The molecular formula is C19H18F3N5O2S. The number of anilines is 2. The molecule has 0 radical (unpaired) electrons. The molecule has 2 aromatic heterocycles. The van der Waals surface area contributed by atoms with Crippen molar-refractivity contribution in [3.8, 4) is 10.4 Å². The molecule has 0 aliphatic heterocycles. The maximum Gasteiger partial charge on any atom is 0.433 e. The summed E-state index contributed by atoms with van der Waals surface area (Å²) in [4.78, 5) is 25.9. The molecule has 0 atom stereocenters. The lowest BCUT2D eigenvalue weighted by Gasteiger charge is -2.13. The van der Waals surface area contributed by atoms with Crippen LogP contribution in [0, 0.1) is 6.92 Å². The normalized spacial score (nSPS) is 11.4. The Morgan fingerprint density at radius 3 is 2.73 bits per heavy atom. The molecule has 0 saturated heterocycles. The van der Waals surface area contributed by atoms with Crippen molar-refractivity contribution in [3.63, 3.8) is 0 Å². The maximum absolute atomic E-state index is 12.9. The van der Waals surface area contributed by atoms with E-state index in [-0.39, 0.29) is 30.0 Å². The van der Waals surface area contributed by atoms with Crippen molar-refractivity contribution in [1.29, 1.82) is 0 Å². The third kappa shape index (κ3) is 5.10. The van der Waals surface area contributed by atoms with Crippen LogP contribution in [0.15, 0.2) is 36.7 Å². The first kappa shape index (κ1) is 21.7. The molecule has 30 heavy (non-hydrogen) atoms. The highest BCUT2D eigenvalue weighted by molar-refractivity contribution is 7.16. The lowest BCUT2D eigenvalue weighted by atomic mass is 10.1. The van der Waals surface area contributed by atoms with Gasteiger partial charge < -0.3 is 15.3 Å². The number of carbonyl (C=O) groups is 1. The number of aromatic nitrogens is 3. The Balaban J connectivity index is 1.85. The zero-order chi connectivity index (χ0) is 21.9. The molecule has 158 valence electrons. The summed E-state index contributed by atoms with van der Waals surface area (Å²) >= 11 is 1.19. The second-order valence-electron chi connectivity index (χ2n) is 6.46. The SMILES string of the molecule is Cc1cc(Nc2nccc(C(F)(F)F)n2)cc(-c2cnc(C(=O)N(C)CCO)s2)c1. The van der Waals surface area contributed by atoms with Gasteiger partial charge in [0, 0.05) is 31.7 Å². The maximum atomic E-state index is 12.9. The zero-order valence-electron chi connectivity index (χ0n) is 16.1. The minimum atomic E-state index is -4.56. The molecule has 0 saturated carbocycles. The van der Waals surface area contributed by atoms with Crippen LogP contribution in [-0.4, -0.2) is 51.1 Å². The Morgan fingerprint density at radius 2 is 2.03 bits per heavy atom. The molecule has 3 rings (SSSR count). The highest BCUT2D eigenvalue weighted by Gasteiger charge is 2.32. The van der Waals surface area contributed by atoms with Crippen molar-refractivity contribution in [1.82, 2.24) is 19.9 Å². The summed E-state index contributed by atoms with van der Waals surface area (Å²) in [6.07, 6.45) is -1.96. The van der Waals surface area contributed by atoms with Crippen LogP contribution in [0.4, 0.5) is 24.8 Å². The van der Waals surface area contributed by atoms with Gasteiger partial charge in [-0.25, -0.2) is 15.0 Å². The number of halogens is 3. The second-order valence-corrected chi connectivity index (χ2v) is 7.49. The highest BCUT2D eigenvalue weighted by Crippen LogP contribution is 2.31. The molecule has 0 aliphatic carbocycles. The summed E-state index contributed by atoms with van der Waals surface area (Å²) in [6, 6.07) is 6.14. The summed E-state index contributed by atoms with van der Waals surface area (Å²) in [5.41, 5.74) is 1.06. The molecule has 2 N–H and O–H groups in total. The van der Waals surface area contributed by atoms with E-state index in [2.05, 4.69) is 20.3 Å². The topological polar surface area (TPSA) is 91.2 Å². The van der Waals surface area contributed by atoms with Crippen LogP contribution in [0.1, 0.15) is 21.1 Å². The third-order valence-corrected chi connectivity index (χ3v) is 5.07. The van der Waals surface area contributed by atoms with E-state index < -0.39 is 11.9 Å². The van der Waals surface area contributed by atoms with E-state index >= 15 is 0 Å². The fourth-order valence-electron chi connectivity index (χ4n) is 2.62. The van der Waals surface area contributed by atoms with Gasteiger partial charge in [-0.1, -0.05) is 6.07 Å². The van der Waals surface area contributed by atoms with Gasteiger partial charge in [0.05, 0.1) is 11.5 Å². The monoisotopic (exact) mass is 437 g/mol. The Labute approximate surface area is 174 Å². The average molecular weight is 437 g/mol. The van der Waals surface area contributed by atoms with Crippen molar-refractivity contribution in [3.05, 3.63) is 52.9 Å². The molecule has 0 unspecified atom stereocenters. The number of benzene rings is 1. The lowest BCUT2D eigenvalue weighted by Crippen LogP contribution is -2.29. The molecular weight excluding hydrogens is 419 g/mol. The van der Waals surface area contributed by atoms with Crippen molar-refractivity contribution in [2.75, 3.05) is 25.5 Å². The number of likely N-dealkylation sites (N-methyl/N-ethyl adjacent to an activating group) is 1. The van der Waals surface area contributed by atoms with E-state index in [1.165, 1.54) is 16.2 Å². The van der Waals surface area contributed by atoms with Gasteiger partial charge >= 0.3 is 6.18 Å². The quantitative estimate of drug-likeness (QED) is 0.611. The van der Waals surface area contributed by atoms with Crippen LogP contribution in [0.2, 0.25) is 0 Å². The first-order chi connectivity index (χ1) is 14.2. The van der Waals surface area contributed by atoms with Gasteiger partial charge in [-0.05, 0) is 36.2 Å². The van der Waals surface area contributed by atoms with Gasteiger partial charge in [0.25, 0.3) is 5.91 Å². The molecule has 1 amide bonds. The van der Waals surface area contributed by atoms with E-state index in [0.29, 0.717) is 10.6 Å². The highest BCUT2D eigenvalue weighted by atomic mass is 32.1. The van der Waals surface area contributed by atoms with Gasteiger partial charge in [0.2, 0.25) is 5.95 Å².